The number of piperidine rings is 1. The van der Waals surface area contributed by atoms with Gasteiger partial charge in [0.05, 0.1) is 12.8 Å². The number of carbonyl (C=O) groups is 1. The number of likely N-dealkylation sites (tertiary alicyclic amines) is 1. The first-order valence-corrected chi connectivity index (χ1v) is 9.85. The van der Waals surface area contributed by atoms with Crippen molar-refractivity contribution in [1.29, 1.82) is 0 Å². The van der Waals surface area contributed by atoms with E-state index in [1.165, 1.54) is 6.42 Å². The Balaban J connectivity index is 1.91. The molecule has 1 N–H and O–H groups in total. The van der Waals surface area contributed by atoms with Gasteiger partial charge < -0.3 is 14.6 Å². The number of hydrogen-bond donors (Lipinski definition) is 1. The number of amides is 1. The molecule has 146 valence electrons. The number of nitrogens with one attached hydrogen (secondary N) is 1. The molecule has 2 aromatic heterocycles. The van der Waals surface area contributed by atoms with Crippen LogP contribution in [0.4, 0.5) is 5.82 Å². The lowest BCUT2D eigenvalue weighted by atomic mass is 9.95. The van der Waals surface area contributed by atoms with Crippen molar-refractivity contribution in [2.45, 2.75) is 71.4 Å². The molecule has 0 saturated carbocycles. The minimum Gasteiger partial charge on any atom is -0.467 e. The Hall–Kier alpha value is -2.37. The van der Waals surface area contributed by atoms with Crippen LogP contribution in [-0.2, 0) is 12.0 Å². The standard InChI is InChI=1S/C21H30N4O2/c1-5-15-9-6-7-11-25(15)19(26)17-14-23-20(21(2,3)4)24-18(17)22-13-16-10-8-12-27-16/h8,10,12,14-15H,5-7,9,11,13H2,1-4H3,(H,22,23,24). The third-order valence-electron chi connectivity index (χ3n) is 5.06. The van der Waals surface area contributed by atoms with Crippen LogP contribution in [0.15, 0.2) is 29.0 Å². The van der Waals surface area contributed by atoms with Gasteiger partial charge in [0.1, 0.15) is 23.0 Å². The van der Waals surface area contributed by atoms with Gasteiger partial charge in [0.2, 0.25) is 0 Å². The van der Waals surface area contributed by atoms with E-state index in [-0.39, 0.29) is 11.3 Å². The van der Waals surface area contributed by atoms with Gasteiger partial charge in [-0.3, -0.25) is 4.79 Å². The first-order chi connectivity index (χ1) is 12.9. The SMILES string of the molecule is CCC1CCCCN1C(=O)c1cnc(C(C)(C)C)nc1NCc1ccco1. The summed E-state index contributed by atoms with van der Waals surface area (Å²) in [6.07, 6.45) is 7.61. The summed E-state index contributed by atoms with van der Waals surface area (Å²) in [6.45, 7) is 9.63. The summed E-state index contributed by atoms with van der Waals surface area (Å²) < 4.78 is 5.40. The summed E-state index contributed by atoms with van der Waals surface area (Å²) in [5.74, 6) is 2.11. The number of furan rings is 1. The van der Waals surface area contributed by atoms with Gasteiger partial charge in [-0.1, -0.05) is 27.7 Å². The van der Waals surface area contributed by atoms with E-state index in [2.05, 4.69) is 38.0 Å². The maximum Gasteiger partial charge on any atom is 0.259 e. The molecule has 1 unspecified atom stereocenters. The van der Waals surface area contributed by atoms with Crippen LogP contribution in [-0.4, -0.2) is 33.4 Å². The summed E-state index contributed by atoms with van der Waals surface area (Å²) in [4.78, 5) is 24.5. The van der Waals surface area contributed by atoms with Gasteiger partial charge >= 0.3 is 0 Å². The van der Waals surface area contributed by atoms with Gasteiger partial charge in [0, 0.05) is 24.2 Å². The minimum absolute atomic E-state index is 0.0176. The second-order valence-corrected chi connectivity index (χ2v) is 8.20. The van der Waals surface area contributed by atoms with Crippen molar-refractivity contribution in [3.05, 3.63) is 41.7 Å². The highest BCUT2D eigenvalue weighted by Gasteiger charge is 2.29. The Labute approximate surface area is 161 Å². The number of carbonyl (C=O) groups excluding carboxylic acids is 1. The van der Waals surface area contributed by atoms with Crippen molar-refractivity contribution in [2.75, 3.05) is 11.9 Å². The van der Waals surface area contributed by atoms with Crippen molar-refractivity contribution in [3.8, 4) is 0 Å². The molecule has 0 aliphatic carbocycles. The molecule has 0 radical (unpaired) electrons. The lowest BCUT2D eigenvalue weighted by molar-refractivity contribution is 0.0608. The maximum atomic E-state index is 13.3. The molecule has 3 heterocycles. The zero-order valence-electron chi connectivity index (χ0n) is 16.8. The van der Waals surface area contributed by atoms with E-state index in [1.807, 2.05) is 17.0 Å². The average molecular weight is 370 g/mol. The van der Waals surface area contributed by atoms with Crippen molar-refractivity contribution >= 4 is 11.7 Å². The fourth-order valence-corrected chi connectivity index (χ4v) is 3.47. The highest BCUT2D eigenvalue weighted by molar-refractivity contribution is 5.98. The largest absolute Gasteiger partial charge is 0.467 e. The smallest absolute Gasteiger partial charge is 0.259 e. The predicted octanol–water partition coefficient (Wildman–Crippen LogP) is 4.38. The average Bonchev–Trinajstić information content (AvgIpc) is 3.18. The van der Waals surface area contributed by atoms with E-state index in [0.29, 0.717) is 29.8 Å². The van der Waals surface area contributed by atoms with Crippen LogP contribution < -0.4 is 5.32 Å². The molecule has 6 heteroatoms. The Kier molecular flexibility index (Phi) is 5.82. The molecule has 1 amide bonds. The number of aromatic nitrogens is 2. The minimum atomic E-state index is -0.195. The van der Waals surface area contributed by atoms with Crippen LogP contribution in [0, 0.1) is 0 Å². The van der Waals surface area contributed by atoms with E-state index in [9.17, 15) is 4.79 Å². The molecular weight excluding hydrogens is 340 g/mol. The first-order valence-electron chi connectivity index (χ1n) is 9.85. The second kappa shape index (κ2) is 8.11. The van der Waals surface area contributed by atoms with Crippen LogP contribution in [0.5, 0.6) is 0 Å². The summed E-state index contributed by atoms with van der Waals surface area (Å²) >= 11 is 0. The van der Waals surface area contributed by atoms with Gasteiger partial charge in [-0.25, -0.2) is 9.97 Å². The molecule has 1 aliphatic heterocycles. The van der Waals surface area contributed by atoms with E-state index >= 15 is 0 Å². The van der Waals surface area contributed by atoms with Crippen LogP contribution in [0.3, 0.4) is 0 Å². The highest BCUT2D eigenvalue weighted by Crippen LogP contribution is 2.26. The maximum absolute atomic E-state index is 13.3. The molecule has 2 aromatic rings. The van der Waals surface area contributed by atoms with Crippen LogP contribution in [0.25, 0.3) is 0 Å². The molecule has 6 nitrogen and oxygen atoms in total. The molecule has 0 aromatic carbocycles. The third kappa shape index (κ3) is 4.49. The Bertz CT molecular complexity index is 765. The molecule has 1 fully saturated rings. The van der Waals surface area contributed by atoms with Crippen molar-refractivity contribution < 1.29 is 9.21 Å². The predicted molar refractivity (Wildman–Crippen MR) is 106 cm³/mol. The molecule has 1 saturated heterocycles. The molecule has 0 bridgehead atoms. The third-order valence-corrected chi connectivity index (χ3v) is 5.06. The fraction of sp³-hybridized carbons (Fsp3) is 0.571. The normalized spacial score (nSPS) is 17.8. The quantitative estimate of drug-likeness (QED) is 0.845. The fourth-order valence-electron chi connectivity index (χ4n) is 3.47. The monoisotopic (exact) mass is 370 g/mol. The topological polar surface area (TPSA) is 71.3 Å². The lowest BCUT2D eigenvalue weighted by Crippen LogP contribution is -2.43. The van der Waals surface area contributed by atoms with Crippen molar-refractivity contribution in [1.82, 2.24) is 14.9 Å². The first kappa shape index (κ1) is 19.4. The number of hydrogen-bond acceptors (Lipinski definition) is 5. The summed E-state index contributed by atoms with van der Waals surface area (Å²) in [5, 5.41) is 3.29. The Morgan fingerprint density at radius 3 is 2.85 bits per heavy atom. The van der Waals surface area contributed by atoms with Gasteiger partial charge in [-0.05, 0) is 37.8 Å². The zero-order chi connectivity index (χ0) is 19.4. The van der Waals surface area contributed by atoms with Crippen LogP contribution in [0.2, 0.25) is 0 Å². The number of anilines is 1. The molecule has 1 atom stereocenters. The van der Waals surface area contributed by atoms with Crippen LogP contribution in [0.1, 0.15) is 75.3 Å². The molecule has 3 rings (SSSR count). The lowest BCUT2D eigenvalue weighted by Gasteiger charge is -2.35. The second-order valence-electron chi connectivity index (χ2n) is 8.20. The van der Waals surface area contributed by atoms with E-state index in [1.54, 1.807) is 12.5 Å². The van der Waals surface area contributed by atoms with E-state index < -0.39 is 0 Å². The summed E-state index contributed by atoms with van der Waals surface area (Å²) in [7, 11) is 0. The van der Waals surface area contributed by atoms with Gasteiger partial charge in [-0.15, -0.1) is 0 Å². The van der Waals surface area contributed by atoms with E-state index in [0.717, 1.165) is 31.6 Å². The molecule has 0 spiro atoms. The molecule has 1 aliphatic rings. The summed E-state index contributed by atoms with van der Waals surface area (Å²) in [6, 6.07) is 4.05. The highest BCUT2D eigenvalue weighted by atomic mass is 16.3. The molecule has 27 heavy (non-hydrogen) atoms. The Morgan fingerprint density at radius 2 is 2.19 bits per heavy atom. The van der Waals surface area contributed by atoms with Gasteiger partial charge in [0.25, 0.3) is 5.91 Å². The van der Waals surface area contributed by atoms with E-state index in [4.69, 9.17) is 9.40 Å². The zero-order valence-corrected chi connectivity index (χ0v) is 16.8. The summed E-state index contributed by atoms with van der Waals surface area (Å²) in [5.41, 5.74) is 0.342. The van der Waals surface area contributed by atoms with Crippen molar-refractivity contribution in [2.24, 2.45) is 0 Å². The van der Waals surface area contributed by atoms with Crippen molar-refractivity contribution in [3.63, 3.8) is 0 Å². The van der Waals surface area contributed by atoms with Gasteiger partial charge in [-0.2, -0.15) is 0 Å². The van der Waals surface area contributed by atoms with Crippen LogP contribution >= 0.6 is 0 Å². The Morgan fingerprint density at radius 1 is 1.37 bits per heavy atom. The molecular formula is C21H30N4O2. The van der Waals surface area contributed by atoms with Gasteiger partial charge in [0.15, 0.2) is 0 Å². The number of rotatable bonds is 5. The number of nitrogens with zero attached hydrogens (tertiary/aromatic N) is 3.